The molecule has 0 aromatic heterocycles. The van der Waals surface area contributed by atoms with Crippen LogP contribution in [-0.2, 0) is 4.74 Å². The predicted octanol–water partition coefficient (Wildman–Crippen LogP) is 2.11. The lowest BCUT2D eigenvalue weighted by molar-refractivity contribution is 0.157. The standard InChI is InChI=1S/C6H9ClO2S/c7-6(8)9-3-5-1-2-10-4-5/h5H,1-4H2. The Balaban J connectivity index is 2.07. The first kappa shape index (κ1) is 8.21. The molecule has 0 radical (unpaired) electrons. The monoisotopic (exact) mass is 180 g/mol. The van der Waals surface area contributed by atoms with E-state index in [9.17, 15) is 4.79 Å². The highest BCUT2D eigenvalue weighted by Crippen LogP contribution is 2.23. The van der Waals surface area contributed by atoms with E-state index < -0.39 is 5.43 Å². The summed E-state index contributed by atoms with van der Waals surface area (Å²) in [5.74, 6) is 2.82. The second kappa shape index (κ2) is 4.09. The lowest BCUT2D eigenvalue weighted by Gasteiger charge is -2.05. The number of rotatable bonds is 2. The van der Waals surface area contributed by atoms with Gasteiger partial charge >= 0.3 is 5.43 Å². The van der Waals surface area contributed by atoms with Crippen molar-refractivity contribution in [1.29, 1.82) is 0 Å². The minimum absolute atomic E-state index is 0.495. The molecular formula is C6H9ClO2S. The number of hydrogen-bond acceptors (Lipinski definition) is 3. The number of halogens is 1. The van der Waals surface area contributed by atoms with Crippen LogP contribution in [-0.4, -0.2) is 23.5 Å². The smallest absolute Gasteiger partial charge is 0.403 e. The van der Waals surface area contributed by atoms with E-state index >= 15 is 0 Å². The predicted molar refractivity (Wildman–Crippen MR) is 42.6 cm³/mol. The molecule has 1 heterocycles. The van der Waals surface area contributed by atoms with Crippen molar-refractivity contribution >= 4 is 28.8 Å². The lowest BCUT2D eigenvalue weighted by atomic mass is 10.1. The highest BCUT2D eigenvalue weighted by Gasteiger charge is 2.16. The highest BCUT2D eigenvalue weighted by molar-refractivity contribution is 7.99. The van der Waals surface area contributed by atoms with Crippen LogP contribution in [0.2, 0.25) is 0 Å². The maximum absolute atomic E-state index is 10.1. The first-order valence-electron chi connectivity index (χ1n) is 3.19. The molecule has 0 aliphatic carbocycles. The molecular weight excluding hydrogens is 172 g/mol. The van der Waals surface area contributed by atoms with E-state index in [0.717, 1.165) is 12.2 Å². The largest absolute Gasteiger partial charge is 0.453 e. The Kier molecular flexibility index (Phi) is 3.35. The van der Waals surface area contributed by atoms with Crippen molar-refractivity contribution < 1.29 is 9.53 Å². The van der Waals surface area contributed by atoms with Gasteiger partial charge in [0.15, 0.2) is 0 Å². The molecule has 1 aliphatic rings. The van der Waals surface area contributed by atoms with Gasteiger partial charge in [0, 0.05) is 17.5 Å². The molecule has 58 valence electrons. The first-order chi connectivity index (χ1) is 4.79. The number of ether oxygens (including phenoxy) is 1. The average Bonchev–Trinajstić information content (AvgIpc) is 2.34. The summed E-state index contributed by atoms with van der Waals surface area (Å²) in [7, 11) is 0. The fourth-order valence-corrected chi connectivity index (χ4v) is 2.22. The van der Waals surface area contributed by atoms with Gasteiger partial charge in [-0.2, -0.15) is 11.8 Å². The number of carbonyl (C=O) groups is 1. The SMILES string of the molecule is O=C(Cl)OCC1CCSC1. The summed E-state index contributed by atoms with van der Waals surface area (Å²) < 4.78 is 4.64. The van der Waals surface area contributed by atoms with Crippen LogP contribution in [0.15, 0.2) is 0 Å². The summed E-state index contributed by atoms with van der Waals surface area (Å²) >= 11 is 6.89. The normalized spacial score (nSPS) is 24.7. The van der Waals surface area contributed by atoms with E-state index in [4.69, 9.17) is 11.6 Å². The zero-order valence-electron chi connectivity index (χ0n) is 5.51. The molecule has 2 nitrogen and oxygen atoms in total. The quantitative estimate of drug-likeness (QED) is 0.609. The molecule has 0 amide bonds. The van der Waals surface area contributed by atoms with Crippen LogP contribution in [0.4, 0.5) is 4.79 Å². The van der Waals surface area contributed by atoms with E-state index in [2.05, 4.69) is 4.74 Å². The third-order valence-electron chi connectivity index (χ3n) is 1.46. The molecule has 4 heteroatoms. The Morgan fingerprint density at radius 1 is 1.80 bits per heavy atom. The van der Waals surface area contributed by atoms with Crippen molar-refractivity contribution in [3.05, 3.63) is 0 Å². The van der Waals surface area contributed by atoms with Crippen LogP contribution in [0.3, 0.4) is 0 Å². The average molecular weight is 181 g/mol. The van der Waals surface area contributed by atoms with Crippen LogP contribution in [0, 0.1) is 5.92 Å². The molecule has 0 N–H and O–H groups in total. The van der Waals surface area contributed by atoms with Crippen molar-refractivity contribution in [3.63, 3.8) is 0 Å². The molecule has 1 atom stereocenters. The third-order valence-corrected chi connectivity index (χ3v) is 2.80. The van der Waals surface area contributed by atoms with E-state index in [0.29, 0.717) is 12.5 Å². The van der Waals surface area contributed by atoms with Crippen LogP contribution in [0.1, 0.15) is 6.42 Å². The Morgan fingerprint density at radius 2 is 2.60 bits per heavy atom. The van der Waals surface area contributed by atoms with Gasteiger partial charge in [-0.1, -0.05) is 0 Å². The Labute approximate surface area is 69.3 Å². The van der Waals surface area contributed by atoms with Crippen LogP contribution < -0.4 is 0 Å². The van der Waals surface area contributed by atoms with E-state index in [1.165, 1.54) is 5.75 Å². The van der Waals surface area contributed by atoms with E-state index in [1.807, 2.05) is 11.8 Å². The maximum atomic E-state index is 10.1. The van der Waals surface area contributed by atoms with Gasteiger partial charge < -0.3 is 4.74 Å². The van der Waals surface area contributed by atoms with Gasteiger partial charge in [0.25, 0.3) is 0 Å². The van der Waals surface area contributed by atoms with Gasteiger partial charge in [0.1, 0.15) is 0 Å². The minimum atomic E-state index is -0.683. The fraction of sp³-hybridized carbons (Fsp3) is 0.833. The van der Waals surface area contributed by atoms with Crippen LogP contribution in [0.25, 0.3) is 0 Å². The molecule has 1 unspecified atom stereocenters. The Morgan fingerprint density at radius 3 is 3.10 bits per heavy atom. The molecule has 0 aromatic carbocycles. The number of thioether (sulfide) groups is 1. The summed E-state index contributed by atoms with van der Waals surface area (Å²) in [6.45, 7) is 0.495. The van der Waals surface area contributed by atoms with Gasteiger partial charge in [-0.15, -0.1) is 0 Å². The summed E-state index contributed by atoms with van der Waals surface area (Å²) in [6, 6.07) is 0. The van der Waals surface area contributed by atoms with Crippen molar-refractivity contribution in [3.8, 4) is 0 Å². The Bertz CT molecular complexity index is 123. The lowest BCUT2D eigenvalue weighted by Crippen LogP contribution is -2.09. The van der Waals surface area contributed by atoms with Crippen LogP contribution >= 0.6 is 23.4 Å². The molecule has 0 spiro atoms. The van der Waals surface area contributed by atoms with Gasteiger partial charge in [-0.05, 0) is 17.9 Å². The van der Waals surface area contributed by atoms with Gasteiger partial charge in [-0.3, -0.25) is 0 Å². The third kappa shape index (κ3) is 2.80. The second-order valence-corrected chi connectivity index (χ2v) is 3.74. The molecule has 0 aromatic rings. The number of hydrogen-bond donors (Lipinski definition) is 0. The van der Waals surface area contributed by atoms with Gasteiger partial charge in [-0.25, -0.2) is 4.79 Å². The molecule has 1 rings (SSSR count). The molecule has 1 fully saturated rings. The van der Waals surface area contributed by atoms with E-state index in [-0.39, 0.29) is 0 Å². The van der Waals surface area contributed by atoms with Crippen molar-refractivity contribution in [2.24, 2.45) is 5.92 Å². The molecule has 0 saturated carbocycles. The van der Waals surface area contributed by atoms with Crippen LogP contribution in [0.5, 0.6) is 0 Å². The molecule has 1 saturated heterocycles. The van der Waals surface area contributed by atoms with E-state index in [1.54, 1.807) is 0 Å². The highest BCUT2D eigenvalue weighted by atomic mass is 35.5. The molecule has 10 heavy (non-hydrogen) atoms. The second-order valence-electron chi connectivity index (χ2n) is 2.28. The summed E-state index contributed by atoms with van der Waals surface area (Å²) in [4.78, 5) is 10.1. The zero-order chi connectivity index (χ0) is 7.40. The van der Waals surface area contributed by atoms with Crippen molar-refractivity contribution in [2.45, 2.75) is 6.42 Å². The fourth-order valence-electron chi connectivity index (χ4n) is 0.898. The van der Waals surface area contributed by atoms with Gasteiger partial charge in [0.05, 0.1) is 6.61 Å². The Hall–Kier alpha value is 0.110. The molecule has 1 aliphatic heterocycles. The first-order valence-corrected chi connectivity index (χ1v) is 4.72. The summed E-state index contributed by atoms with van der Waals surface area (Å²) in [6.07, 6.45) is 1.15. The van der Waals surface area contributed by atoms with Crippen molar-refractivity contribution in [2.75, 3.05) is 18.1 Å². The topological polar surface area (TPSA) is 26.3 Å². The van der Waals surface area contributed by atoms with Gasteiger partial charge in [0.2, 0.25) is 0 Å². The maximum Gasteiger partial charge on any atom is 0.403 e. The number of carbonyl (C=O) groups excluding carboxylic acids is 1. The minimum Gasteiger partial charge on any atom is -0.453 e. The zero-order valence-corrected chi connectivity index (χ0v) is 7.08. The molecule has 0 bridgehead atoms. The summed E-state index contributed by atoms with van der Waals surface area (Å²) in [5, 5.41) is 0. The summed E-state index contributed by atoms with van der Waals surface area (Å²) in [5.41, 5.74) is -0.683. The van der Waals surface area contributed by atoms with Crippen molar-refractivity contribution in [1.82, 2.24) is 0 Å².